The van der Waals surface area contributed by atoms with Crippen molar-refractivity contribution in [1.82, 2.24) is 0 Å². The average Bonchev–Trinajstić information content (AvgIpc) is 1.63. The second-order valence-electron chi connectivity index (χ2n) is 41.1. The van der Waals surface area contributed by atoms with E-state index in [4.69, 9.17) is 0 Å². The summed E-state index contributed by atoms with van der Waals surface area (Å²) in [6.45, 7) is 70.2. The van der Waals surface area contributed by atoms with E-state index in [-0.39, 0.29) is 0 Å². The van der Waals surface area contributed by atoms with E-state index in [9.17, 15) is 0 Å². The number of rotatable bonds is 7. The monoisotopic (exact) mass is 1270 g/mol. The summed E-state index contributed by atoms with van der Waals surface area (Å²) in [5, 5.41) is 0. The Morgan fingerprint density at radius 3 is 0.670 bits per heavy atom. The fraction of sp³-hybridized carbons (Fsp3) is 1.00. The Hall–Kier alpha value is 0. The molecule has 91 heavy (non-hydrogen) atoms. The molecule has 0 heteroatoms. The molecule has 0 nitrogen and oxygen atoms in total. The molecule has 542 valence electrons. The van der Waals surface area contributed by atoms with Crippen LogP contribution in [0.1, 0.15) is 420 Å². The molecule has 15 saturated carbocycles. The van der Waals surface area contributed by atoms with Crippen molar-refractivity contribution >= 4 is 0 Å². The smallest absolute Gasteiger partial charge is 0.0297 e. The minimum atomic E-state index is 0.681. The van der Waals surface area contributed by atoms with E-state index >= 15 is 0 Å². The standard InChI is InChI=1S/2C7H12.11C7H14/c1-7(4-5-7)6-2-3-6;1-5-4-7(5)6-2-3-6;2*1-6-4-7(2,3)5-6;2*1-6-4-5-7(6,2)3;2*1-5-4-6(2)7(5)3;2*1-3-7-4-6(2)5-7;1-3-7(2)5-4-6-7;2*1-3-7-5-4-6(7)2/h6H,2-5H2,1H3;5-7H,2-4H2,1H3;4*6H,4-5H2,1-3H3;2*5-7H,4H2,1-3H3;2*6-7H,3-5H2,1-2H3;3-6H2,1-2H3;2*6-7H,3-5H2,1-2H3/t;5-,7?;;;6-;;;;;;;6-,7?;/m.0..0......0./s1. The zero-order valence-corrected chi connectivity index (χ0v) is 69.0. The van der Waals surface area contributed by atoms with Crippen LogP contribution in [0.5, 0.6) is 0 Å². The Balaban J connectivity index is 0.000000257. The maximum Gasteiger partial charge on any atom is -0.0297 e. The second kappa shape index (κ2) is 39.1. The van der Waals surface area contributed by atoms with Crippen molar-refractivity contribution < 1.29 is 0 Å². The largest absolute Gasteiger partial charge is 0.0651 e. The Kier molecular flexibility index (Phi) is 36.6. The molecule has 15 aliphatic carbocycles. The molecule has 15 rings (SSSR count). The second-order valence-corrected chi connectivity index (χ2v) is 41.1. The van der Waals surface area contributed by atoms with Gasteiger partial charge in [0.15, 0.2) is 0 Å². The van der Waals surface area contributed by atoms with Crippen LogP contribution in [-0.2, 0) is 0 Å². The lowest BCUT2D eigenvalue weighted by Gasteiger charge is -2.42. The maximum absolute atomic E-state index is 2.44. The van der Waals surface area contributed by atoms with Crippen LogP contribution in [0.4, 0.5) is 0 Å². The van der Waals surface area contributed by atoms with Gasteiger partial charge in [0.05, 0.1) is 0 Å². The predicted molar refractivity (Wildman–Crippen MR) is 414 cm³/mol. The highest BCUT2D eigenvalue weighted by molar-refractivity contribution is 5.00. The van der Waals surface area contributed by atoms with Gasteiger partial charge in [0.2, 0.25) is 0 Å². The Labute approximate surface area is 579 Å². The van der Waals surface area contributed by atoms with Crippen LogP contribution in [0.3, 0.4) is 0 Å². The summed E-state index contributed by atoms with van der Waals surface area (Å²) in [5.74, 6) is 23.2. The minimum absolute atomic E-state index is 0.681. The van der Waals surface area contributed by atoms with Crippen LogP contribution in [-0.4, -0.2) is 0 Å². The van der Waals surface area contributed by atoms with Gasteiger partial charge in [-0.25, -0.2) is 0 Å². The van der Waals surface area contributed by atoms with Crippen molar-refractivity contribution in [3.8, 4) is 0 Å². The van der Waals surface area contributed by atoms with Crippen LogP contribution in [0.25, 0.3) is 0 Å². The lowest BCUT2D eigenvalue weighted by molar-refractivity contribution is 0.0891. The molecule has 0 aromatic heterocycles. The van der Waals surface area contributed by atoms with E-state index in [1.165, 1.54) is 204 Å². The summed E-state index contributed by atoms with van der Waals surface area (Å²) >= 11 is 0. The maximum atomic E-state index is 2.44. The molecule has 0 aromatic rings. The number of hydrogen-bond donors (Lipinski definition) is 0. The SMILES string of the molecule is CC1(C2CC2)CC1.CC1CC(C)(C)C1.CC1CC(C)(C)C1.CC1CC(C)C1C.CC1CC(C)C1C.CC1CCC1(C)C.CCC1(C)CCC1.CCC1CC(C)C1.CCC1CC(C)C1.CCC1CCC1C.CCC1CC[C@@H]1C.C[C@H]1CC1C1CC1.C[C@H]1CCC1(C)C. The first-order valence-corrected chi connectivity index (χ1v) is 42.2. The molecule has 15 fully saturated rings. The normalized spacial score (nSPS) is 39.1. The molecule has 0 bridgehead atoms. The molecular formula is C91H178. The van der Waals surface area contributed by atoms with Crippen LogP contribution < -0.4 is 0 Å². The highest BCUT2D eigenvalue weighted by atomic mass is 14.5. The molecule has 0 saturated heterocycles. The van der Waals surface area contributed by atoms with Gasteiger partial charge in [0, 0.05) is 0 Å². The molecule has 15 aliphatic rings. The fourth-order valence-electron chi connectivity index (χ4n) is 18.0. The third-order valence-corrected chi connectivity index (χ3v) is 29.9. The molecule has 9 unspecified atom stereocenters. The summed E-state index contributed by atoms with van der Waals surface area (Å²) in [5.41, 5.74) is 4.37. The molecule has 0 spiro atoms. The predicted octanol–water partition coefficient (Wildman–Crippen LogP) is 31.0. The molecule has 0 aliphatic heterocycles. The highest BCUT2D eigenvalue weighted by Gasteiger charge is 2.49. The summed E-state index contributed by atoms with van der Waals surface area (Å²) < 4.78 is 0. The summed E-state index contributed by atoms with van der Waals surface area (Å²) in [6.07, 6.45) is 48.6. The third-order valence-electron chi connectivity index (χ3n) is 29.9. The van der Waals surface area contributed by atoms with Gasteiger partial charge in [-0.15, -0.1) is 0 Å². The van der Waals surface area contributed by atoms with E-state index in [1.54, 1.807) is 19.3 Å². The van der Waals surface area contributed by atoms with Gasteiger partial charge in [0.25, 0.3) is 0 Å². The first-order chi connectivity index (χ1) is 42.2. The summed E-state index contributed by atoms with van der Waals surface area (Å²) in [7, 11) is 0. The fourth-order valence-corrected chi connectivity index (χ4v) is 18.0. The van der Waals surface area contributed by atoms with Gasteiger partial charge in [-0.05, 0) is 323 Å². The van der Waals surface area contributed by atoms with Crippen LogP contribution in [0.15, 0.2) is 0 Å². The quantitative estimate of drug-likeness (QED) is 0.238. The van der Waals surface area contributed by atoms with E-state index in [0.717, 1.165) is 129 Å². The molecule has 0 heterocycles. The van der Waals surface area contributed by atoms with Gasteiger partial charge in [-0.2, -0.15) is 0 Å². The van der Waals surface area contributed by atoms with Crippen molar-refractivity contribution in [3.63, 3.8) is 0 Å². The highest BCUT2D eigenvalue weighted by Crippen LogP contribution is 2.61. The van der Waals surface area contributed by atoms with E-state index in [2.05, 4.69) is 208 Å². The molecule has 12 atom stereocenters. The zero-order chi connectivity index (χ0) is 69.0. The lowest BCUT2D eigenvalue weighted by Crippen LogP contribution is -2.31. The van der Waals surface area contributed by atoms with Crippen molar-refractivity contribution in [3.05, 3.63) is 0 Å². The molecule has 0 aromatic carbocycles. The topological polar surface area (TPSA) is 0 Å². The van der Waals surface area contributed by atoms with E-state index in [0.29, 0.717) is 21.7 Å². The average molecular weight is 1270 g/mol. The van der Waals surface area contributed by atoms with Gasteiger partial charge >= 0.3 is 0 Å². The van der Waals surface area contributed by atoms with Gasteiger partial charge in [-0.1, -0.05) is 259 Å². The van der Waals surface area contributed by atoms with Crippen LogP contribution >= 0.6 is 0 Å². The van der Waals surface area contributed by atoms with Crippen molar-refractivity contribution in [2.75, 3.05) is 0 Å². The van der Waals surface area contributed by atoms with Crippen molar-refractivity contribution in [2.24, 2.45) is 163 Å². The molecule has 0 amide bonds. The van der Waals surface area contributed by atoms with E-state index in [1.807, 2.05) is 0 Å². The zero-order valence-electron chi connectivity index (χ0n) is 69.0. The first-order valence-electron chi connectivity index (χ1n) is 42.2. The lowest BCUT2D eigenvalue weighted by atomic mass is 9.64. The van der Waals surface area contributed by atoms with Gasteiger partial charge < -0.3 is 0 Å². The number of hydrogen-bond acceptors (Lipinski definition) is 0. The minimum Gasteiger partial charge on any atom is -0.0651 e. The molecular weight excluding hydrogens is 1090 g/mol. The first kappa shape index (κ1) is 85.2. The van der Waals surface area contributed by atoms with E-state index < -0.39 is 0 Å². The summed E-state index contributed by atoms with van der Waals surface area (Å²) in [4.78, 5) is 0. The van der Waals surface area contributed by atoms with Gasteiger partial charge in [0.1, 0.15) is 0 Å². The van der Waals surface area contributed by atoms with Crippen molar-refractivity contribution in [1.29, 1.82) is 0 Å². The summed E-state index contributed by atoms with van der Waals surface area (Å²) in [6, 6.07) is 0. The van der Waals surface area contributed by atoms with Crippen LogP contribution in [0, 0.1) is 163 Å². The van der Waals surface area contributed by atoms with Gasteiger partial charge in [-0.3, -0.25) is 0 Å². The Bertz CT molecular complexity index is 1700. The Morgan fingerprint density at radius 1 is 0.308 bits per heavy atom. The Morgan fingerprint density at radius 2 is 0.637 bits per heavy atom. The van der Waals surface area contributed by atoms with Crippen molar-refractivity contribution in [2.45, 2.75) is 420 Å². The van der Waals surface area contributed by atoms with Crippen LogP contribution in [0.2, 0.25) is 0 Å². The molecule has 0 N–H and O–H groups in total. The third kappa shape index (κ3) is 31.8. The molecule has 0 radical (unpaired) electrons.